The van der Waals surface area contributed by atoms with Gasteiger partial charge in [0.05, 0.1) is 98.7 Å². The number of allylic oxidation sites excluding steroid dienone is 3. The van der Waals surface area contributed by atoms with Crippen molar-refractivity contribution in [1.82, 2.24) is 0 Å². The Kier molecular flexibility index (Phi) is 42.7. The highest BCUT2D eigenvalue weighted by atomic mass is 31.1. The van der Waals surface area contributed by atoms with E-state index in [4.69, 9.17) is 56.8 Å². The van der Waals surface area contributed by atoms with Crippen LogP contribution in [0.5, 0.6) is 11.5 Å². The fourth-order valence-electron chi connectivity index (χ4n) is 8.52. The van der Waals surface area contributed by atoms with Gasteiger partial charge in [-0.25, -0.2) is 0 Å². The lowest BCUT2D eigenvalue weighted by Crippen LogP contribution is -2.31. The van der Waals surface area contributed by atoms with E-state index >= 15 is 0 Å². The molecule has 3 atom stereocenters. The van der Waals surface area contributed by atoms with Crippen LogP contribution in [-0.2, 0) is 47.4 Å². The van der Waals surface area contributed by atoms with Crippen molar-refractivity contribution in [3.63, 3.8) is 0 Å². The molecule has 0 saturated carbocycles. The van der Waals surface area contributed by atoms with Gasteiger partial charge < -0.3 is 61.7 Å². The number of unbranched alkanes of at least 4 members (excludes halogenated alkanes) is 7. The zero-order valence-electron chi connectivity index (χ0n) is 49.6. The SMILES string of the molecule is CC.CCCCCOCCN(CCOCCOC)c1ccc(C2=C3C=CC([PH+](CCOCCOC)CCOCCC(C)CC)C=C3Oc3cc(C)ccc32)c(OC)c1.COCCOCCCCCCCCOCCOC. The maximum absolute atomic E-state index is 6.78. The summed E-state index contributed by atoms with van der Waals surface area (Å²) in [4.78, 5) is 2.32. The molecule has 0 bridgehead atoms. The Labute approximate surface area is 463 Å². The van der Waals surface area contributed by atoms with E-state index in [1.807, 2.05) is 13.8 Å². The molecule has 3 unspecified atom stereocenters. The van der Waals surface area contributed by atoms with E-state index in [2.05, 4.69) is 87.2 Å². The summed E-state index contributed by atoms with van der Waals surface area (Å²) in [5.74, 6) is 3.28. The number of methoxy groups -OCH3 is 5. The van der Waals surface area contributed by atoms with E-state index in [1.165, 1.54) is 44.9 Å². The molecule has 1 aliphatic heterocycles. The first-order chi connectivity index (χ1) is 37.3. The maximum Gasteiger partial charge on any atom is 0.135 e. The first-order valence-electron chi connectivity index (χ1n) is 29.0. The summed E-state index contributed by atoms with van der Waals surface area (Å²) in [5.41, 5.74) is 6.81. The Morgan fingerprint density at radius 2 is 1.08 bits per heavy atom. The fourth-order valence-corrected chi connectivity index (χ4v) is 11.0. The Bertz CT molecular complexity index is 1790. The average Bonchev–Trinajstić information content (AvgIpc) is 3.44. The standard InChI is InChI=1S/C46H70NO8P.C14H30O4.C2H6/c1-8-10-11-21-51-23-19-47(20-24-53-27-25-48-5)38-13-16-40(43(34-38)50-7)46-41-15-12-37(4)33-44(41)55-45-35-39(14-17-42(45)46)56(32-30-54-28-26-49-6)31-29-52-22-18-36(3)9-2;1-15-11-13-17-9-7-5-3-4-6-8-10-18-14-12-16-2;1-2/h12-17,33-36,39H,8-11,18-32H2,1-7H3;3-14H2,1-2H3;1-2H3/p+1. The van der Waals surface area contributed by atoms with Crippen LogP contribution in [0, 0.1) is 12.8 Å². The molecule has 0 saturated heterocycles. The molecule has 0 N–H and O–H groups in total. The molecule has 0 fully saturated rings. The van der Waals surface area contributed by atoms with Crippen LogP contribution < -0.4 is 14.4 Å². The third-order valence-corrected chi connectivity index (χ3v) is 16.3. The van der Waals surface area contributed by atoms with Crippen LogP contribution in [0.3, 0.4) is 0 Å². The fraction of sp³-hybridized carbons (Fsp3) is 0.710. The zero-order chi connectivity index (χ0) is 55.3. The third-order valence-electron chi connectivity index (χ3n) is 13.3. The van der Waals surface area contributed by atoms with Gasteiger partial charge in [-0.1, -0.05) is 97.8 Å². The number of aryl methyl sites for hydroxylation is 1. The van der Waals surface area contributed by atoms with Gasteiger partial charge in [0.1, 0.15) is 22.9 Å². The molecule has 0 amide bonds. The van der Waals surface area contributed by atoms with Gasteiger partial charge in [0, 0.05) is 116 Å². The highest BCUT2D eigenvalue weighted by Gasteiger charge is 2.33. The number of fused-ring (bicyclic) bond motifs is 2. The van der Waals surface area contributed by atoms with Crippen LogP contribution in [0.15, 0.2) is 66.0 Å². The Hall–Kier alpha value is -2.91. The van der Waals surface area contributed by atoms with Crippen molar-refractivity contribution < 1.29 is 56.8 Å². The lowest BCUT2D eigenvalue weighted by atomic mass is 9.86. The molecule has 1 heterocycles. The number of nitrogens with zero attached hydrogens (tertiary/aromatic N) is 1. The second-order valence-electron chi connectivity index (χ2n) is 19.1. The molecule has 1 aliphatic carbocycles. The molecular weight excluding hydrogens is 982 g/mol. The number of anilines is 1. The molecule has 13 nitrogen and oxygen atoms in total. The van der Waals surface area contributed by atoms with Crippen molar-refractivity contribution in [2.75, 3.05) is 172 Å². The minimum Gasteiger partial charge on any atom is -0.496 e. The number of hydrogen-bond donors (Lipinski definition) is 0. The summed E-state index contributed by atoms with van der Waals surface area (Å²) in [6.45, 7) is 25.6. The van der Waals surface area contributed by atoms with E-state index < -0.39 is 7.92 Å². The topological polar surface area (TPSA) is 114 Å². The molecule has 2 aromatic rings. The van der Waals surface area contributed by atoms with Crippen LogP contribution in [-0.4, -0.2) is 172 Å². The van der Waals surface area contributed by atoms with Gasteiger partial charge >= 0.3 is 0 Å². The summed E-state index contributed by atoms with van der Waals surface area (Å²) >= 11 is 0. The first-order valence-corrected chi connectivity index (χ1v) is 31.0. The van der Waals surface area contributed by atoms with Gasteiger partial charge in [-0.05, 0) is 68.4 Å². The second-order valence-corrected chi connectivity index (χ2v) is 22.1. The van der Waals surface area contributed by atoms with Gasteiger partial charge in [0.25, 0.3) is 0 Å². The normalized spacial score (nSPS) is 14.4. The minimum atomic E-state index is -0.923. The summed E-state index contributed by atoms with van der Waals surface area (Å²) < 4.78 is 68.1. The Morgan fingerprint density at radius 3 is 1.63 bits per heavy atom. The average molecular weight is 1090 g/mol. The van der Waals surface area contributed by atoms with E-state index in [1.54, 1.807) is 35.5 Å². The maximum atomic E-state index is 6.78. The summed E-state index contributed by atoms with van der Waals surface area (Å²) in [7, 11) is 7.64. The summed E-state index contributed by atoms with van der Waals surface area (Å²) in [6.07, 6.45) is 22.3. The third kappa shape index (κ3) is 29.3. The van der Waals surface area contributed by atoms with Crippen molar-refractivity contribution in [3.05, 3.63) is 82.6 Å². The summed E-state index contributed by atoms with van der Waals surface area (Å²) in [6, 6.07) is 13.0. The number of ether oxygens (including phenoxy) is 12. The lowest BCUT2D eigenvalue weighted by Gasteiger charge is -2.30. The molecule has 4 rings (SSSR count). The van der Waals surface area contributed by atoms with Crippen molar-refractivity contribution >= 4 is 19.2 Å². The van der Waals surface area contributed by atoms with Crippen molar-refractivity contribution in [2.45, 2.75) is 118 Å². The Morgan fingerprint density at radius 1 is 0.566 bits per heavy atom. The second kappa shape index (κ2) is 47.0. The van der Waals surface area contributed by atoms with Crippen LogP contribution in [0.1, 0.15) is 122 Å². The number of hydrogen-bond acceptors (Lipinski definition) is 13. The van der Waals surface area contributed by atoms with Crippen LogP contribution in [0.4, 0.5) is 5.69 Å². The molecule has 0 radical (unpaired) electrons. The van der Waals surface area contributed by atoms with Crippen molar-refractivity contribution in [3.8, 4) is 11.5 Å². The molecule has 2 aliphatic rings. The van der Waals surface area contributed by atoms with Crippen molar-refractivity contribution in [2.24, 2.45) is 5.92 Å². The number of rotatable bonds is 45. The van der Waals surface area contributed by atoms with Gasteiger partial charge in [-0.2, -0.15) is 0 Å². The van der Waals surface area contributed by atoms with Gasteiger partial charge in [0.15, 0.2) is 0 Å². The largest absolute Gasteiger partial charge is 0.496 e. The molecule has 0 aromatic heterocycles. The van der Waals surface area contributed by atoms with Gasteiger partial charge in [0.2, 0.25) is 0 Å². The monoisotopic (exact) mass is 1090 g/mol. The van der Waals surface area contributed by atoms with E-state index in [0.717, 1.165) is 155 Å². The smallest absolute Gasteiger partial charge is 0.135 e. The predicted molar refractivity (Wildman–Crippen MR) is 317 cm³/mol. The van der Waals surface area contributed by atoms with Gasteiger partial charge in [-0.15, -0.1) is 0 Å². The molecule has 76 heavy (non-hydrogen) atoms. The highest BCUT2D eigenvalue weighted by Crippen LogP contribution is 2.50. The minimum absolute atomic E-state index is 0.281. The molecule has 436 valence electrons. The number of benzene rings is 2. The molecule has 14 heteroatoms. The lowest BCUT2D eigenvalue weighted by molar-refractivity contribution is 0.0673. The Balaban J connectivity index is 0.000000836. The molecule has 2 aromatic carbocycles. The first kappa shape index (κ1) is 69.2. The molecule has 0 spiro atoms. The van der Waals surface area contributed by atoms with E-state index in [0.29, 0.717) is 58.8 Å². The van der Waals surface area contributed by atoms with Crippen LogP contribution >= 0.6 is 7.92 Å². The van der Waals surface area contributed by atoms with Crippen LogP contribution in [0.25, 0.3) is 5.57 Å². The van der Waals surface area contributed by atoms with E-state index in [9.17, 15) is 0 Å². The zero-order valence-corrected chi connectivity index (χ0v) is 50.6. The van der Waals surface area contributed by atoms with Crippen LogP contribution in [0.2, 0.25) is 0 Å². The highest BCUT2D eigenvalue weighted by molar-refractivity contribution is 7.58. The summed E-state index contributed by atoms with van der Waals surface area (Å²) in [5, 5.41) is 0. The van der Waals surface area contributed by atoms with E-state index in [-0.39, 0.29) is 5.66 Å². The predicted octanol–water partition coefficient (Wildman–Crippen LogP) is 12.7. The van der Waals surface area contributed by atoms with Gasteiger partial charge in [-0.3, -0.25) is 0 Å². The molecular formula is C62H107NO12P+. The van der Waals surface area contributed by atoms with Crippen molar-refractivity contribution in [1.29, 1.82) is 0 Å². The quantitative estimate of drug-likeness (QED) is 0.0463.